The van der Waals surface area contributed by atoms with Crippen molar-refractivity contribution in [1.82, 2.24) is 0 Å². The van der Waals surface area contributed by atoms with Crippen LogP contribution in [0.4, 0.5) is 11.4 Å². The molecular formula is C23H20N2O5. The van der Waals surface area contributed by atoms with Crippen LogP contribution >= 0.6 is 0 Å². The number of carbonyl (C=O) groups excluding carboxylic acids is 3. The van der Waals surface area contributed by atoms with Crippen molar-refractivity contribution in [3.05, 3.63) is 71.3 Å². The zero-order valence-electron chi connectivity index (χ0n) is 16.3. The van der Waals surface area contributed by atoms with Crippen LogP contribution in [0.3, 0.4) is 0 Å². The van der Waals surface area contributed by atoms with Gasteiger partial charge in [-0.1, -0.05) is 17.7 Å². The molecule has 1 aliphatic heterocycles. The smallest absolute Gasteiger partial charge is 0.335 e. The van der Waals surface area contributed by atoms with E-state index in [-0.39, 0.29) is 29.2 Å². The molecule has 0 spiro atoms. The molecule has 3 amide bonds. The van der Waals surface area contributed by atoms with Crippen molar-refractivity contribution < 1.29 is 24.3 Å². The van der Waals surface area contributed by atoms with Gasteiger partial charge < -0.3 is 10.4 Å². The van der Waals surface area contributed by atoms with Crippen molar-refractivity contribution in [3.8, 4) is 0 Å². The number of amides is 3. The number of nitrogens with zero attached hydrogens (tertiary/aromatic N) is 1. The first-order chi connectivity index (χ1) is 14.3. The zero-order valence-corrected chi connectivity index (χ0v) is 16.3. The third-order valence-corrected chi connectivity index (χ3v) is 5.58. The van der Waals surface area contributed by atoms with Gasteiger partial charge in [0.15, 0.2) is 0 Å². The molecule has 1 fully saturated rings. The van der Waals surface area contributed by atoms with Gasteiger partial charge in [-0.3, -0.25) is 19.3 Å². The molecule has 30 heavy (non-hydrogen) atoms. The van der Waals surface area contributed by atoms with Crippen LogP contribution in [0.2, 0.25) is 0 Å². The van der Waals surface area contributed by atoms with Crippen LogP contribution < -0.4 is 10.2 Å². The van der Waals surface area contributed by atoms with Crippen LogP contribution in [0.25, 0.3) is 0 Å². The average Bonchev–Trinajstić information content (AvgIpc) is 2.98. The van der Waals surface area contributed by atoms with Gasteiger partial charge in [0.25, 0.3) is 5.91 Å². The fraction of sp³-hybridized carbons (Fsp3) is 0.217. The number of benzene rings is 2. The van der Waals surface area contributed by atoms with Crippen LogP contribution in [0, 0.1) is 11.8 Å². The average molecular weight is 404 g/mol. The van der Waals surface area contributed by atoms with Crippen molar-refractivity contribution in [2.75, 3.05) is 10.2 Å². The maximum atomic E-state index is 12.8. The monoisotopic (exact) mass is 404 g/mol. The zero-order chi connectivity index (χ0) is 21.4. The Morgan fingerprint density at radius 3 is 2.40 bits per heavy atom. The van der Waals surface area contributed by atoms with Crippen molar-refractivity contribution in [1.29, 1.82) is 0 Å². The number of carbonyl (C=O) groups is 4. The summed E-state index contributed by atoms with van der Waals surface area (Å²) < 4.78 is 0. The van der Waals surface area contributed by atoms with E-state index in [4.69, 9.17) is 5.11 Å². The molecule has 2 aromatic rings. The van der Waals surface area contributed by atoms with E-state index in [1.54, 1.807) is 24.3 Å². The van der Waals surface area contributed by atoms with E-state index in [2.05, 4.69) is 5.32 Å². The SMILES string of the molecule is CC1=CC[C@@H]2C(=O)N(c3ccc(C(=O)Nc4cccc(C(=O)O)c4)cc3)C(=O)[C@H]2C1. The fourth-order valence-corrected chi connectivity index (χ4v) is 3.99. The Balaban J connectivity index is 1.50. The van der Waals surface area contributed by atoms with Gasteiger partial charge in [0.1, 0.15) is 0 Å². The summed E-state index contributed by atoms with van der Waals surface area (Å²) in [5.41, 5.74) is 2.33. The van der Waals surface area contributed by atoms with E-state index in [9.17, 15) is 19.2 Å². The molecule has 0 saturated carbocycles. The lowest BCUT2D eigenvalue weighted by Crippen LogP contribution is -2.30. The van der Waals surface area contributed by atoms with Gasteiger partial charge in [0.2, 0.25) is 11.8 Å². The van der Waals surface area contributed by atoms with Gasteiger partial charge in [0, 0.05) is 11.3 Å². The van der Waals surface area contributed by atoms with E-state index in [0.717, 1.165) is 5.57 Å². The highest BCUT2D eigenvalue weighted by atomic mass is 16.4. The van der Waals surface area contributed by atoms with Gasteiger partial charge >= 0.3 is 5.97 Å². The maximum absolute atomic E-state index is 12.8. The summed E-state index contributed by atoms with van der Waals surface area (Å²) in [4.78, 5) is 50.3. The van der Waals surface area contributed by atoms with Crippen LogP contribution in [-0.4, -0.2) is 28.8 Å². The van der Waals surface area contributed by atoms with Gasteiger partial charge in [-0.05, 0) is 62.2 Å². The number of anilines is 2. The molecule has 2 atom stereocenters. The number of carboxylic acids is 1. The van der Waals surface area contributed by atoms with Crippen LogP contribution in [0.15, 0.2) is 60.2 Å². The van der Waals surface area contributed by atoms with E-state index < -0.39 is 11.9 Å². The highest BCUT2D eigenvalue weighted by Gasteiger charge is 2.48. The predicted molar refractivity (Wildman–Crippen MR) is 110 cm³/mol. The predicted octanol–water partition coefficient (Wildman–Crippen LogP) is 3.48. The number of fused-ring (bicyclic) bond motifs is 1. The van der Waals surface area contributed by atoms with E-state index in [1.807, 2.05) is 13.0 Å². The molecule has 0 bridgehead atoms. The molecule has 1 aliphatic carbocycles. The Kier molecular flexibility index (Phi) is 4.95. The highest BCUT2D eigenvalue weighted by Crippen LogP contribution is 2.39. The van der Waals surface area contributed by atoms with Crippen LogP contribution in [0.1, 0.15) is 40.5 Å². The van der Waals surface area contributed by atoms with Gasteiger partial charge in [-0.2, -0.15) is 0 Å². The van der Waals surface area contributed by atoms with Crippen molar-refractivity contribution in [2.45, 2.75) is 19.8 Å². The van der Waals surface area contributed by atoms with E-state index in [1.165, 1.54) is 29.2 Å². The molecule has 1 heterocycles. The standard InChI is InChI=1S/C23H20N2O5/c1-13-5-10-18-19(11-13)22(28)25(21(18)27)17-8-6-14(7-9-17)20(26)24-16-4-2-3-15(12-16)23(29)30/h2-9,12,18-19H,10-11H2,1H3,(H,24,26)(H,29,30)/t18-,19-/m0/s1. The van der Waals surface area contributed by atoms with Gasteiger partial charge in [0.05, 0.1) is 23.1 Å². The normalized spacial score (nSPS) is 20.6. The third kappa shape index (κ3) is 3.50. The molecule has 2 aliphatic rings. The Morgan fingerprint density at radius 1 is 1.00 bits per heavy atom. The molecule has 0 unspecified atom stereocenters. The molecule has 7 heteroatoms. The number of carboxylic acid groups (broad SMARTS) is 1. The highest BCUT2D eigenvalue weighted by molar-refractivity contribution is 6.22. The summed E-state index contributed by atoms with van der Waals surface area (Å²) >= 11 is 0. The minimum atomic E-state index is -1.08. The van der Waals surface area contributed by atoms with Crippen molar-refractivity contribution in [3.63, 3.8) is 0 Å². The van der Waals surface area contributed by atoms with Crippen LogP contribution in [0.5, 0.6) is 0 Å². The van der Waals surface area contributed by atoms with Gasteiger partial charge in [-0.25, -0.2) is 4.79 Å². The second kappa shape index (κ2) is 7.59. The number of hydrogen-bond acceptors (Lipinski definition) is 4. The third-order valence-electron chi connectivity index (χ3n) is 5.58. The van der Waals surface area contributed by atoms with Crippen LogP contribution in [-0.2, 0) is 9.59 Å². The minimum Gasteiger partial charge on any atom is -0.478 e. The largest absolute Gasteiger partial charge is 0.478 e. The Morgan fingerprint density at radius 2 is 1.70 bits per heavy atom. The molecule has 2 N–H and O–H groups in total. The summed E-state index contributed by atoms with van der Waals surface area (Å²) in [5.74, 6) is -2.52. The summed E-state index contributed by atoms with van der Waals surface area (Å²) in [5, 5.41) is 11.7. The second-order valence-electron chi connectivity index (χ2n) is 7.60. The van der Waals surface area contributed by atoms with Crippen molar-refractivity contribution in [2.24, 2.45) is 11.8 Å². The number of hydrogen-bond donors (Lipinski definition) is 2. The quantitative estimate of drug-likeness (QED) is 0.600. The fourth-order valence-electron chi connectivity index (χ4n) is 3.99. The molecule has 0 radical (unpaired) electrons. The molecule has 4 rings (SSSR count). The number of imide groups is 1. The number of nitrogens with one attached hydrogen (secondary N) is 1. The van der Waals surface area contributed by atoms with Crippen molar-refractivity contribution >= 4 is 35.1 Å². The summed E-state index contributed by atoms with van der Waals surface area (Å²) in [6.07, 6.45) is 3.19. The Labute approximate surface area is 173 Å². The Bertz CT molecular complexity index is 1090. The lowest BCUT2D eigenvalue weighted by atomic mass is 9.82. The maximum Gasteiger partial charge on any atom is 0.335 e. The minimum absolute atomic E-state index is 0.0698. The number of rotatable bonds is 4. The summed E-state index contributed by atoms with van der Waals surface area (Å²) in [7, 11) is 0. The first-order valence-electron chi connectivity index (χ1n) is 9.63. The Hall–Kier alpha value is -3.74. The molecular weight excluding hydrogens is 384 g/mol. The summed E-state index contributed by atoms with van der Waals surface area (Å²) in [6, 6.07) is 12.2. The first kappa shape index (κ1) is 19.6. The molecule has 7 nitrogen and oxygen atoms in total. The summed E-state index contributed by atoms with van der Waals surface area (Å²) in [6.45, 7) is 1.97. The van der Waals surface area contributed by atoms with E-state index in [0.29, 0.717) is 29.8 Å². The van der Waals surface area contributed by atoms with Gasteiger partial charge in [-0.15, -0.1) is 0 Å². The molecule has 1 saturated heterocycles. The molecule has 152 valence electrons. The second-order valence-corrected chi connectivity index (χ2v) is 7.60. The topological polar surface area (TPSA) is 104 Å². The molecule has 0 aromatic heterocycles. The molecule has 2 aromatic carbocycles. The van der Waals surface area contributed by atoms with E-state index >= 15 is 0 Å². The number of allylic oxidation sites excluding steroid dienone is 2. The first-order valence-corrected chi connectivity index (χ1v) is 9.63. The lowest BCUT2D eigenvalue weighted by molar-refractivity contribution is -0.122. The lowest BCUT2D eigenvalue weighted by Gasteiger charge is -2.18. The number of aromatic carboxylic acids is 1.